The van der Waals surface area contributed by atoms with E-state index in [1.165, 1.54) is 5.56 Å². The van der Waals surface area contributed by atoms with Crippen molar-refractivity contribution in [2.45, 2.75) is 26.3 Å². The maximum Gasteiger partial charge on any atom is 0.120 e. The molecule has 0 unspecified atom stereocenters. The van der Waals surface area contributed by atoms with Gasteiger partial charge in [-0.05, 0) is 17.5 Å². The normalized spacial score (nSPS) is 11.5. The minimum absolute atomic E-state index is 0.356. The van der Waals surface area contributed by atoms with Gasteiger partial charge in [0.1, 0.15) is 5.75 Å². The van der Waals surface area contributed by atoms with E-state index in [4.69, 9.17) is 9.47 Å². The molecule has 4 nitrogen and oxygen atoms in total. The zero-order chi connectivity index (χ0) is 15.0. The summed E-state index contributed by atoms with van der Waals surface area (Å²) in [6, 6.07) is 5.86. The molecule has 0 heterocycles. The molecule has 0 fully saturated rings. The highest BCUT2D eigenvalue weighted by molar-refractivity contribution is 5.37. The third kappa shape index (κ3) is 5.49. The highest BCUT2D eigenvalue weighted by Gasteiger charge is 2.11. The van der Waals surface area contributed by atoms with Crippen LogP contribution in [0, 0.1) is 0 Å². The fourth-order valence-electron chi connectivity index (χ4n) is 2.04. The van der Waals surface area contributed by atoms with Gasteiger partial charge in [0.05, 0.1) is 13.2 Å². The van der Waals surface area contributed by atoms with Gasteiger partial charge < -0.3 is 14.6 Å². The molecule has 1 aromatic rings. The number of methoxy groups -OCH3 is 2. The van der Waals surface area contributed by atoms with E-state index in [1.807, 2.05) is 6.07 Å². The van der Waals surface area contributed by atoms with Crippen LogP contribution in [-0.4, -0.2) is 50.5 Å². The predicted octanol–water partition coefficient (Wildman–Crippen LogP) is 2.61. The van der Waals surface area contributed by atoms with Crippen LogP contribution in [0.3, 0.4) is 0 Å². The molecule has 0 spiro atoms. The van der Waals surface area contributed by atoms with Gasteiger partial charge in [0.25, 0.3) is 0 Å². The van der Waals surface area contributed by atoms with Crippen molar-refractivity contribution in [1.82, 2.24) is 4.90 Å². The maximum absolute atomic E-state index is 10.0. The van der Waals surface area contributed by atoms with Crippen LogP contribution in [0.25, 0.3) is 0 Å². The number of phenolic OH excluding ortho intramolecular Hbond substituents is 1. The summed E-state index contributed by atoms with van der Waals surface area (Å²) in [7, 11) is 3.40. The summed E-state index contributed by atoms with van der Waals surface area (Å²) in [6.07, 6.45) is 0. The first-order valence-corrected chi connectivity index (χ1v) is 7.10. The molecule has 0 aliphatic carbocycles. The molecule has 0 amide bonds. The molecule has 1 aromatic carbocycles. The lowest BCUT2D eigenvalue weighted by atomic mass is 10.00. The molecule has 0 atom stereocenters. The Morgan fingerprint density at radius 1 is 1.10 bits per heavy atom. The SMILES string of the molecule is COCCN(CCOC)Cc1cc(C(C)C)ccc1O. The minimum Gasteiger partial charge on any atom is -0.508 e. The molecule has 20 heavy (non-hydrogen) atoms. The third-order valence-corrected chi connectivity index (χ3v) is 3.39. The molecule has 0 aliphatic heterocycles. The lowest BCUT2D eigenvalue weighted by Crippen LogP contribution is -2.30. The standard InChI is InChI=1S/C16H27NO3/c1-13(2)14-5-6-16(18)15(11-14)12-17(7-9-19-3)8-10-20-4/h5-6,11,13,18H,7-10,12H2,1-4H3. The molecule has 1 rings (SSSR count). The number of phenols is 1. The van der Waals surface area contributed by atoms with Gasteiger partial charge in [0.15, 0.2) is 0 Å². The second-order valence-electron chi connectivity index (χ2n) is 5.30. The quantitative estimate of drug-likeness (QED) is 0.755. The Hall–Kier alpha value is -1.10. The van der Waals surface area contributed by atoms with Crippen LogP contribution >= 0.6 is 0 Å². The van der Waals surface area contributed by atoms with Gasteiger partial charge >= 0.3 is 0 Å². The van der Waals surface area contributed by atoms with Crippen molar-refractivity contribution in [3.05, 3.63) is 29.3 Å². The molecule has 0 radical (unpaired) electrons. The van der Waals surface area contributed by atoms with Crippen molar-refractivity contribution < 1.29 is 14.6 Å². The van der Waals surface area contributed by atoms with E-state index >= 15 is 0 Å². The Balaban J connectivity index is 2.77. The van der Waals surface area contributed by atoms with E-state index in [0.29, 0.717) is 31.4 Å². The van der Waals surface area contributed by atoms with Crippen molar-refractivity contribution in [2.24, 2.45) is 0 Å². The van der Waals surface area contributed by atoms with E-state index in [2.05, 4.69) is 24.8 Å². The van der Waals surface area contributed by atoms with Crippen molar-refractivity contribution >= 4 is 0 Å². The topological polar surface area (TPSA) is 41.9 Å². The van der Waals surface area contributed by atoms with Crippen LogP contribution in [0.4, 0.5) is 0 Å². The van der Waals surface area contributed by atoms with Gasteiger partial charge in [0.2, 0.25) is 0 Å². The van der Waals surface area contributed by atoms with Crippen LogP contribution in [-0.2, 0) is 16.0 Å². The number of nitrogens with zero attached hydrogens (tertiary/aromatic N) is 1. The number of hydrogen-bond acceptors (Lipinski definition) is 4. The molecule has 0 aromatic heterocycles. The van der Waals surface area contributed by atoms with Crippen molar-refractivity contribution in [1.29, 1.82) is 0 Å². The molecule has 0 saturated heterocycles. The summed E-state index contributed by atoms with van der Waals surface area (Å²) >= 11 is 0. The van der Waals surface area contributed by atoms with Gasteiger partial charge in [-0.3, -0.25) is 4.90 Å². The molecular formula is C16H27NO3. The second-order valence-corrected chi connectivity index (χ2v) is 5.30. The van der Waals surface area contributed by atoms with Crippen LogP contribution in [0.1, 0.15) is 30.9 Å². The average Bonchev–Trinajstić information content (AvgIpc) is 2.43. The molecule has 1 N–H and O–H groups in total. The molecule has 0 bridgehead atoms. The Morgan fingerprint density at radius 3 is 2.20 bits per heavy atom. The average molecular weight is 281 g/mol. The summed E-state index contributed by atoms with van der Waals surface area (Å²) in [5.41, 5.74) is 2.21. The van der Waals surface area contributed by atoms with Gasteiger partial charge in [0, 0.05) is 39.4 Å². The molecule has 114 valence electrons. The number of rotatable bonds is 9. The zero-order valence-electron chi connectivity index (χ0n) is 13.1. The van der Waals surface area contributed by atoms with Crippen molar-refractivity contribution in [3.8, 4) is 5.75 Å². The fourth-order valence-corrected chi connectivity index (χ4v) is 2.04. The Bertz CT molecular complexity index is 385. The molecule has 0 saturated carbocycles. The lowest BCUT2D eigenvalue weighted by Gasteiger charge is -2.22. The maximum atomic E-state index is 10.0. The van der Waals surface area contributed by atoms with Crippen LogP contribution in [0.15, 0.2) is 18.2 Å². The third-order valence-electron chi connectivity index (χ3n) is 3.39. The second kappa shape index (κ2) is 8.95. The summed E-state index contributed by atoms with van der Waals surface area (Å²) in [5, 5.41) is 10.0. The Labute approximate surface area is 122 Å². The van der Waals surface area contributed by atoms with Gasteiger partial charge in [-0.1, -0.05) is 26.0 Å². The van der Waals surface area contributed by atoms with E-state index in [-0.39, 0.29) is 0 Å². The summed E-state index contributed by atoms with van der Waals surface area (Å²) in [6.45, 7) is 8.02. The molecular weight excluding hydrogens is 254 g/mol. The first kappa shape index (κ1) is 17.0. The summed E-state index contributed by atoms with van der Waals surface area (Å²) in [5.74, 6) is 0.815. The van der Waals surface area contributed by atoms with Crippen LogP contribution < -0.4 is 0 Å². The monoisotopic (exact) mass is 281 g/mol. The van der Waals surface area contributed by atoms with Gasteiger partial charge in [-0.2, -0.15) is 0 Å². The first-order valence-electron chi connectivity index (χ1n) is 7.10. The Kier molecular flexibility index (Phi) is 7.59. The van der Waals surface area contributed by atoms with Crippen LogP contribution in [0.5, 0.6) is 5.75 Å². The van der Waals surface area contributed by atoms with E-state index in [1.54, 1.807) is 20.3 Å². The Morgan fingerprint density at radius 2 is 1.70 bits per heavy atom. The summed E-state index contributed by atoms with van der Waals surface area (Å²) < 4.78 is 10.3. The fraction of sp³-hybridized carbons (Fsp3) is 0.625. The minimum atomic E-state index is 0.356. The smallest absolute Gasteiger partial charge is 0.120 e. The van der Waals surface area contributed by atoms with Gasteiger partial charge in [-0.25, -0.2) is 0 Å². The van der Waals surface area contributed by atoms with E-state index in [9.17, 15) is 5.11 Å². The predicted molar refractivity (Wildman–Crippen MR) is 81.2 cm³/mol. The van der Waals surface area contributed by atoms with Crippen molar-refractivity contribution in [3.63, 3.8) is 0 Å². The van der Waals surface area contributed by atoms with E-state index in [0.717, 1.165) is 18.7 Å². The van der Waals surface area contributed by atoms with E-state index < -0.39 is 0 Å². The first-order chi connectivity index (χ1) is 9.58. The summed E-state index contributed by atoms with van der Waals surface area (Å²) in [4.78, 5) is 2.23. The van der Waals surface area contributed by atoms with Gasteiger partial charge in [-0.15, -0.1) is 0 Å². The highest BCUT2D eigenvalue weighted by atomic mass is 16.5. The number of aromatic hydroxyl groups is 1. The van der Waals surface area contributed by atoms with Crippen molar-refractivity contribution in [2.75, 3.05) is 40.5 Å². The zero-order valence-corrected chi connectivity index (χ0v) is 13.1. The molecule has 4 heteroatoms. The highest BCUT2D eigenvalue weighted by Crippen LogP contribution is 2.24. The lowest BCUT2D eigenvalue weighted by molar-refractivity contribution is 0.110. The van der Waals surface area contributed by atoms with Crippen LogP contribution in [0.2, 0.25) is 0 Å². The number of benzene rings is 1. The number of ether oxygens (including phenoxy) is 2. The molecule has 0 aliphatic rings. The number of hydrogen-bond donors (Lipinski definition) is 1. The largest absolute Gasteiger partial charge is 0.508 e.